The van der Waals surface area contributed by atoms with Gasteiger partial charge in [0.2, 0.25) is 0 Å². The first-order valence-electron chi connectivity index (χ1n) is 7.50. The Kier molecular flexibility index (Phi) is 5.07. The minimum Gasteiger partial charge on any atom is -0.481 e. The third-order valence-electron chi connectivity index (χ3n) is 3.34. The number of urea groups is 1. The second kappa shape index (κ2) is 7.60. The molecule has 0 unspecified atom stereocenters. The standard InChI is InChI=1S/C18H15ClN4O2/c1-2-3-9-25-14-7-8-16-15(11-14)17(23-22-16)21-18(24)20-13-6-4-5-12(19)10-13/h4-8,10-11H,9H2,1H3,(H3,20,21,22,23,24). The molecule has 0 bridgehead atoms. The molecule has 0 aliphatic heterocycles. The van der Waals surface area contributed by atoms with Crippen molar-refractivity contribution < 1.29 is 9.53 Å². The molecule has 3 rings (SSSR count). The van der Waals surface area contributed by atoms with Crippen molar-refractivity contribution >= 4 is 40.0 Å². The van der Waals surface area contributed by atoms with Crippen LogP contribution in [0.15, 0.2) is 42.5 Å². The molecular formula is C18H15ClN4O2. The lowest BCUT2D eigenvalue weighted by atomic mass is 10.2. The van der Waals surface area contributed by atoms with Crippen LogP contribution in [0.4, 0.5) is 16.3 Å². The number of hydrogen-bond donors (Lipinski definition) is 3. The quantitative estimate of drug-likeness (QED) is 0.612. The van der Waals surface area contributed by atoms with Crippen LogP contribution in [0, 0.1) is 11.8 Å². The monoisotopic (exact) mass is 354 g/mol. The summed E-state index contributed by atoms with van der Waals surface area (Å²) in [6.45, 7) is 2.06. The Morgan fingerprint density at radius 2 is 2.16 bits per heavy atom. The van der Waals surface area contributed by atoms with Gasteiger partial charge in [0.25, 0.3) is 0 Å². The molecular weight excluding hydrogens is 340 g/mol. The number of benzene rings is 2. The number of amides is 2. The number of ether oxygens (including phenoxy) is 1. The Bertz CT molecular complexity index is 972. The topological polar surface area (TPSA) is 79.0 Å². The zero-order valence-electron chi connectivity index (χ0n) is 13.4. The molecule has 7 heteroatoms. The third-order valence-corrected chi connectivity index (χ3v) is 3.57. The van der Waals surface area contributed by atoms with Crippen molar-refractivity contribution in [3.63, 3.8) is 0 Å². The van der Waals surface area contributed by atoms with Gasteiger partial charge in [-0.1, -0.05) is 23.6 Å². The summed E-state index contributed by atoms with van der Waals surface area (Å²) >= 11 is 5.91. The SMILES string of the molecule is CC#CCOc1ccc2[nH]nc(NC(=O)Nc3cccc(Cl)c3)c2c1. The van der Waals surface area contributed by atoms with Gasteiger partial charge >= 0.3 is 6.03 Å². The number of hydrogen-bond acceptors (Lipinski definition) is 3. The number of carbonyl (C=O) groups excluding carboxylic acids is 1. The fraction of sp³-hybridized carbons (Fsp3) is 0.111. The fourth-order valence-corrected chi connectivity index (χ4v) is 2.40. The second-order valence-corrected chi connectivity index (χ2v) is 5.52. The van der Waals surface area contributed by atoms with Gasteiger partial charge in [0.1, 0.15) is 12.4 Å². The highest BCUT2D eigenvalue weighted by molar-refractivity contribution is 6.30. The number of rotatable bonds is 4. The Morgan fingerprint density at radius 3 is 2.96 bits per heavy atom. The van der Waals surface area contributed by atoms with Crippen molar-refractivity contribution in [3.8, 4) is 17.6 Å². The van der Waals surface area contributed by atoms with E-state index in [1.54, 1.807) is 37.3 Å². The van der Waals surface area contributed by atoms with Gasteiger partial charge in [-0.05, 0) is 43.3 Å². The van der Waals surface area contributed by atoms with E-state index in [4.69, 9.17) is 16.3 Å². The van der Waals surface area contributed by atoms with E-state index in [1.165, 1.54) is 0 Å². The zero-order chi connectivity index (χ0) is 17.6. The van der Waals surface area contributed by atoms with Gasteiger partial charge in [-0.3, -0.25) is 10.4 Å². The minimum absolute atomic E-state index is 0.303. The number of nitrogens with zero attached hydrogens (tertiary/aromatic N) is 1. The number of H-pyrrole nitrogens is 1. The number of carbonyl (C=O) groups is 1. The number of halogens is 1. The van der Waals surface area contributed by atoms with Crippen LogP contribution >= 0.6 is 11.6 Å². The summed E-state index contributed by atoms with van der Waals surface area (Å²) in [7, 11) is 0. The Balaban J connectivity index is 1.74. The molecule has 0 saturated carbocycles. The molecule has 0 aliphatic rings. The molecule has 25 heavy (non-hydrogen) atoms. The van der Waals surface area contributed by atoms with E-state index >= 15 is 0 Å². The molecule has 0 spiro atoms. The molecule has 3 N–H and O–H groups in total. The summed E-state index contributed by atoms with van der Waals surface area (Å²) in [5.74, 6) is 6.65. The van der Waals surface area contributed by atoms with Gasteiger partial charge in [0.15, 0.2) is 5.82 Å². The van der Waals surface area contributed by atoms with Crippen LogP contribution in [-0.2, 0) is 0 Å². The summed E-state index contributed by atoms with van der Waals surface area (Å²) < 4.78 is 5.53. The van der Waals surface area contributed by atoms with Crippen LogP contribution in [0.5, 0.6) is 5.75 Å². The maximum Gasteiger partial charge on any atom is 0.324 e. The molecule has 6 nitrogen and oxygen atoms in total. The molecule has 2 amide bonds. The average Bonchev–Trinajstić information content (AvgIpc) is 2.97. The number of aromatic amines is 1. The van der Waals surface area contributed by atoms with Gasteiger partial charge < -0.3 is 10.1 Å². The molecule has 3 aromatic rings. The van der Waals surface area contributed by atoms with E-state index in [0.717, 1.165) is 10.9 Å². The first-order chi connectivity index (χ1) is 12.2. The van der Waals surface area contributed by atoms with Crippen LogP contribution in [0.25, 0.3) is 10.9 Å². The molecule has 0 fully saturated rings. The third kappa shape index (κ3) is 4.22. The van der Waals surface area contributed by atoms with Crippen molar-refractivity contribution in [2.24, 2.45) is 0 Å². The number of aromatic nitrogens is 2. The van der Waals surface area contributed by atoms with E-state index < -0.39 is 6.03 Å². The van der Waals surface area contributed by atoms with Crippen molar-refractivity contribution in [1.29, 1.82) is 0 Å². The van der Waals surface area contributed by atoms with Crippen LogP contribution in [0.1, 0.15) is 6.92 Å². The van der Waals surface area contributed by atoms with Crippen LogP contribution < -0.4 is 15.4 Å². The fourth-order valence-electron chi connectivity index (χ4n) is 2.21. The van der Waals surface area contributed by atoms with Gasteiger partial charge in [0.05, 0.1) is 5.52 Å². The van der Waals surface area contributed by atoms with Gasteiger partial charge in [0, 0.05) is 16.1 Å². The first-order valence-corrected chi connectivity index (χ1v) is 7.87. The van der Waals surface area contributed by atoms with E-state index in [1.807, 2.05) is 12.1 Å². The first kappa shape index (κ1) is 16.7. The summed E-state index contributed by atoms with van der Waals surface area (Å²) in [4.78, 5) is 12.2. The van der Waals surface area contributed by atoms with Crippen molar-refractivity contribution in [2.75, 3.05) is 17.2 Å². The molecule has 126 valence electrons. The predicted octanol–water partition coefficient (Wildman–Crippen LogP) is 4.26. The number of fused-ring (bicyclic) bond motifs is 1. The molecule has 1 heterocycles. The average molecular weight is 355 g/mol. The van der Waals surface area contributed by atoms with Crippen molar-refractivity contribution in [3.05, 3.63) is 47.5 Å². The van der Waals surface area contributed by atoms with Crippen LogP contribution in [-0.4, -0.2) is 22.8 Å². The smallest absolute Gasteiger partial charge is 0.324 e. The highest BCUT2D eigenvalue weighted by Crippen LogP contribution is 2.25. The number of anilines is 2. The van der Waals surface area contributed by atoms with Crippen LogP contribution in [0.2, 0.25) is 5.02 Å². The lowest BCUT2D eigenvalue weighted by Crippen LogP contribution is -2.19. The highest BCUT2D eigenvalue weighted by Gasteiger charge is 2.10. The summed E-state index contributed by atoms with van der Waals surface area (Å²) in [5.41, 5.74) is 1.37. The Hall–Kier alpha value is -3.17. The largest absolute Gasteiger partial charge is 0.481 e. The van der Waals surface area contributed by atoms with Crippen molar-refractivity contribution in [2.45, 2.75) is 6.92 Å². The number of nitrogens with one attached hydrogen (secondary N) is 3. The summed E-state index contributed by atoms with van der Waals surface area (Å²) in [6, 6.07) is 11.9. The van der Waals surface area contributed by atoms with E-state index in [9.17, 15) is 4.79 Å². The van der Waals surface area contributed by atoms with Crippen LogP contribution in [0.3, 0.4) is 0 Å². The highest BCUT2D eigenvalue weighted by atomic mass is 35.5. The van der Waals surface area contributed by atoms with E-state index in [-0.39, 0.29) is 0 Å². The van der Waals surface area contributed by atoms with E-state index in [0.29, 0.717) is 28.9 Å². The lowest BCUT2D eigenvalue weighted by Gasteiger charge is -2.07. The Labute approximate surface area is 149 Å². The maximum absolute atomic E-state index is 12.2. The van der Waals surface area contributed by atoms with Gasteiger partial charge in [-0.15, -0.1) is 5.92 Å². The second-order valence-electron chi connectivity index (χ2n) is 5.08. The lowest BCUT2D eigenvalue weighted by molar-refractivity contribution is 0.262. The maximum atomic E-state index is 12.2. The minimum atomic E-state index is -0.418. The summed E-state index contributed by atoms with van der Waals surface area (Å²) in [6.07, 6.45) is 0. The molecule has 0 atom stereocenters. The summed E-state index contributed by atoms with van der Waals surface area (Å²) in [5, 5.41) is 13.7. The molecule has 0 radical (unpaired) electrons. The molecule has 0 aliphatic carbocycles. The molecule has 0 saturated heterocycles. The van der Waals surface area contributed by atoms with Gasteiger partial charge in [-0.2, -0.15) is 5.10 Å². The molecule has 2 aromatic carbocycles. The van der Waals surface area contributed by atoms with Crippen molar-refractivity contribution in [1.82, 2.24) is 10.2 Å². The zero-order valence-corrected chi connectivity index (χ0v) is 14.1. The predicted molar refractivity (Wildman–Crippen MR) is 99.1 cm³/mol. The van der Waals surface area contributed by atoms with E-state index in [2.05, 4.69) is 32.7 Å². The van der Waals surface area contributed by atoms with Gasteiger partial charge in [-0.25, -0.2) is 4.79 Å². The Morgan fingerprint density at radius 1 is 1.28 bits per heavy atom. The molecule has 1 aromatic heterocycles. The normalized spacial score (nSPS) is 10.0.